The Morgan fingerprint density at radius 1 is 1.28 bits per heavy atom. The molecular weight excluding hydrogens is 224 g/mol. The molecule has 1 rings (SSSR count). The minimum absolute atomic E-state index is 0.229. The van der Waals surface area contributed by atoms with Crippen molar-refractivity contribution in [1.29, 1.82) is 0 Å². The number of nitrogens with two attached hydrogens (primary N) is 1. The quantitative estimate of drug-likeness (QED) is 0.760. The van der Waals surface area contributed by atoms with Crippen molar-refractivity contribution < 1.29 is 4.79 Å². The number of hydrogen-bond acceptors (Lipinski definition) is 2. The van der Waals surface area contributed by atoms with Crippen LogP contribution in [0.4, 0.5) is 0 Å². The first-order chi connectivity index (χ1) is 8.41. The summed E-state index contributed by atoms with van der Waals surface area (Å²) in [6, 6.07) is 4.73. The van der Waals surface area contributed by atoms with Crippen LogP contribution in [0.2, 0.25) is 0 Å². The number of carbonyl (C=O) groups excluding carboxylic acids is 1. The van der Waals surface area contributed by atoms with Gasteiger partial charge in [-0.2, -0.15) is 0 Å². The van der Waals surface area contributed by atoms with Gasteiger partial charge in [0.2, 0.25) is 5.91 Å². The molecule has 3 heteroatoms. The lowest BCUT2D eigenvalue weighted by Crippen LogP contribution is -2.23. The molecular formula is C15H24N2O. The van der Waals surface area contributed by atoms with Crippen LogP contribution in [0.5, 0.6) is 0 Å². The molecule has 0 radical (unpaired) electrons. The molecule has 0 bridgehead atoms. The van der Waals surface area contributed by atoms with Crippen molar-refractivity contribution >= 4 is 5.91 Å². The summed E-state index contributed by atoms with van der Waals surface area (Å²) in [5.74, 6) is -0.229. The molecule has 3 N–H and O–H groups in total. The number of amides is 1. The molecule has 0 aliphatic rings. The average molecular weight is 248 g/mol. The second-order valence-electron chi connectivity index (χ2n) is 5.06. The van der Waals surface area contributed by atoms with E-state index in [1.807, 2.05) is 0 Å². The number of hydrogen-bond donors (Lipinski definition) is 2. The Kier molecular flexibility index (Phi) is 5.35. The maximum Gasteiger partial charge on any atom is 0.217 e. The number of primary amides is 1. The van der Waals surface area contributed by atoms with Gasteiger partial charge in [0, 0.05) is 12.5 Å². The molecule has 0 spiro atoms. The van der Waals surface area contributed by atoms with Gasteiger partial charge >= 0.3 is 0 Å². The fraction of sp³-hybridized carbons (Fsp3) is 0.533. The fourth-order valence-corrected chi connectivity index (χ4v) is 2.56. The zero-order valence-corrected chi connectivity index (χ0v) is 11.8. The Bertz CT molecular complexity index is 403. The minimum atomic E-state index is -0.229. The van der Waals surface area contributed by atoms with Crippen molar-refractivity contribution in [1.82, 2.24) is 5.32 Å². The van der Waals surface area contributed by atoms with Gasteiger partial charge < -0.3 is 11.1 Å². The number of nitrogens with one attached hydrogen (secondary N) is 1. The van der Waals surface area contributed by atoms with Crippen LogP contribution < -0.4 is 11.1 Å². The number of benzene rings is 1. The molecule has 0 saturated carbocycles. The van der Waals surface area contributed by atoms with Gasteiger partial charge in [-0.1, -0.05) is 17.7 Å². The molecule has 1 amide bonds. The first-order valence-electron chi connectivity index (χ1n) is 6.51. The van der Waals surface area contributed by atoms with Gasteiger partial charge in [0.15, 0.2) is 0 Å². The number of carbonyl (C=O) groups is 1. The van der Waals surface area contributed by atoms with E-state index in [-0.39, 0.29) is 5.91 Å². The van der Waals surface area contributed by atoms with Crippen molar-refractivity contribution in [2.24, 2.45) is 5.73 Å². The topological polar surface area (TPSA) is 55.1 Å². The van der Waals surface area contributed by atoms with Crippen LogP contribution in [0.1, 0.15) is 48.1 Å². The molecule has 18 heavy (non-hydrogen) atoms. The molecule has 0 aliphatic heterocycles. The SMILES string of the molecule is Cc1cc(C)c(C(C)NCCCC(N)=O)c(C)c1. The van der Waals surface area contributed by atoms with Crippen LogP contribution in [-0.4, -0.2) is 12.5 Å². The lowest BCUT2D eigenvalue weighted by atomic mass is 9.95. The van der Waals surface area contributed by atoms with Crippen molar-refractivity contribution in [2.75, 3.05) is 6.54 Å². The summed E-state index contributed by atoms with van der Waals surface area (Å²) >= 11 is 0. The highest BCUT2D eigenvalue weighted by atomic mass is 16.1. The summed E-state index contributed by atoms with van der Waals surface area (Å²) in [7, 11) is 0. The summed E-state index contributed by atoms with van der Waals surface area (Å²) in [6.07, 6.45) is 1.25. The fourth-order valence-electron chi connectivity index (χ4n) is 2.56. The molecule has 0 fully saturated rings. The van der Waals surface area contributed by atoms with E-state index >= 15 is 0 Å². The molecule has 3 nitrogen and oxygen atoms in total. The Labute approximate surface area is 110 Å². The molecule has 1 aromatic carbocycles. The third-order valence-corrected chi connectivity index (χ3v) is 3.22. The van der Waals surface area contributed by atoms with E-state index in [1.165, 1.54) is 22.3 Å². The van der Waals surface area contributed by atoms with Crippen LogP contribution in [0.3, 0.4) is 0 Å². The van der Waals surface area contributed by atoms with Crippen LogP contribution in [0.15, 0.2) is 12.1 Å². The smallest absolute Gasteiger partial charge is 0.217 e. The van der Waals surface area contributed by atoms with Gasteiger partial charge in [-0.15, -0.1) is 0 Å². The standard InChI is InChI=1S/C15H24N2O/c1-10-8-11(2)15(12(3)9-10)13(4)17-7-5-6-14(16)18/h8-9,13,17H,5-7H2,1-4H3,(H2,16,18). The van der Waals surface area contributed by atoms with E-state index in [2.05, 4.69) is 45.1 Å². The highest BCUT2D eigenvalue weighted by molar-refractivity contribution is 5.73. The molecule has 0 saturated heterocycles. The zero-order chi connectivity index (χ0) is 13.7. The maximum absolute atomic E-state index is 10.7. The van der Waals surface area contributed by atoms with Crippen LogP contribution in [0.25, 0.3) is 0 Å². The maximum atomic E-state index is 10.7. The van der Waals surface area contributed by atoms with Gasteiger partial charge in [0.1, 0.15) is 0 Å². The third-order valence-electron chi connectivity index (χ3n) is 3.22. The zero-order valence-electron chi connectivity index (χ0n) is 11.8. The van der Waals surface area contributed by atoms with Gasteiger partial charge in [-0.05, 0) is 57.4 Å². The summed E-state index contributed by atoms with van der Waals surface area (Å²) in [6.45, 7) is 9.40. The molecule has 1 aromatic rings. The van der Waals surface area contributed by atoms with E-state index in [4.69, 9.17) is 5.73 Å². The lowest BCUT2D eigenvalue weighted by molar-refractivity contribution is -0.118. The monoisotopic (exact) mass is 248 g/mol. The predicted molar refractivity (Wildman–Crippen MR) is 75.5 cm³/mol. The van der Waals surface area contributed by atoms with Crippen LogP contribution in [0, 0.1) is 20.8 Å². The van der Waals surface area contributed by atoms with Crippen molar-refractivity contribution in [3.8, 4) is 0 Å². The third kappa shape index (κ3) is 4.15. The molecule has 0 heterocycles. The predicted octanol–water partition coefficient (Wildman–Crippen LogP) is 2.53. The first-order valence-corrected chi connectivity index (χ1v) is 6.51. The lowest BCUT2D eigenvalue weighted by Gasteiger charge is -2.19. The Morgan fingerprint density at radius 3 is 2.33 bits per heavy atom. The normalized spacial score (nSPS) is 12.4. The second kappa shape index (κ2) is 6.55. The summed E-state index contributed by atoms with van der Waals surface area (Å²) in [5, 5.41) is 3.45. The first kappa shape index (κ1) is 14.7. The van der Waals surface area contributed by atoms with Crippen molar-refractivity contribution in [3.05, 3.63) is 34.4 Å². The summed E-state index contributed by atoms with van der Waals surface area (Å²) in [5.41, 5.74) is 10.4. The highest BCUT2D eigenvalue weighted by Crippen LogP contribution is 2.23. The average Bonchev–Trinajstić information content (AvgIpc) is 2.22. The van der Waals surface area contributed by atoms with E-state index < -0.39 is 0 Å². The van der Waals surface area contributed by atoms with Crippen LogP contribution >= 0.6 is 0 Å². The Morgan fingerprint density at radius 2 is 1.83 bits per heavy atom. The van der Waals surface area contributed by atoms with E-state index in [1.54, 1.807) is 0 Å². The second-order valence-corrected chi connectivity index (χ2v) is 5.06. The van der Waals surface area contributed by atoms with Crippen molar-refractivity contribution in [2.45, 2.75) is 46.6 Å². The molecule has 1 unspecified atom stereocenters. The number of aryl methyl sites for hydroxylation is 3. The highest BCUT2D eigenvalue weighted by Gasteiger charge is 2.11. The van der Waals surface area contributed by atoms with Gasteiger partial charge in [-0.3, -0.25) is 4.79 Å². The largest absolute Gasteiger partial charge is 0.370 e. The molecule has 100 valence electrons. The van der Waals surface area contributed by atoms with E-state index in [0.717, 1.165) is 13.0 Å². The Hall–Kier alpha value is -1.35. The Balaban J connectivity index is 2.61. The van der Waals surface area contributed by atoms with Crippen molar-refractivity contribution in [3.63, 3.8) is 0 Å². The number of rotatable bonds is 6. The minimum Gasteiger partial charge on any atom is -0.370 e. The van der Waals surface area contributed by atoms with E-state index in [9.17, 15) is 4.79 Å². The van der Waals surface area contributed by atoms with Gasteiger partial charge in [0.25, 0.3) is 0 Å². The van der Waals surface area contributed by atoms with Gasteiger partial charge in [0.05, 0.1) is 0 Å². The molecule has 1 atom stereocenters. The summed E-state index contributed by atoms with van der Waals surface area (Å²) < 4.78 is 0. The van der Waals surface area contributed by atoms with E-state index in [0.29, 0.717) is 12.5 Å². The summed E-state index contributed by atoms with van der Waals surface area (Å²) in [4.78, 5) is 10.7. The molecule has 0 aromatic heterocycles. The van der Waals surface area contributed by atoms with Gasteiger partial charge in [-0.25, -0.2) is 0 Å². The van der Waals surface area contributed by atoms with Crippen LogP contribution in [-0.2, 0) is 4.79 Å². The molecule has 0 aliphatic carbocycles.